The van der Waals surface area contributed by atoms with Crippen LogP contribution >= 0.6 is 11.8 Å². The van der Waals surface area contributed by atoms with Crippen molar-refractivity contribution in [1.29, 1.82) is 0 Å². The molecule has 1 N–H and O–H groups in total. The number of aryl methyl sites for hydroxylation is 1. The smallest absolute Gasteiger partial charge is 0.243 e. The first-order valence-electron chi connectivity index (χ1n) is 13.0. The predicted molar refractivity (Wildman–Crippen MR) is 149 cm³/mol. The number of benzene rings is 3. The number of carbonyl (C=O) groups is 2. The maximum Gasteiger partial charge on any atom is 0.243 e. The van der Waals surface area contributed by atoms with Crippen LogP contribution in [-0.4, -0.2) is 34.6 Å². The molecule has 6 heteroatoms. The minimum absolute atomic E-state index is 0.0922. The Kier molecular flexibility index (Phi) is 9.78. The van der Waals surface area contributed by atoms with Crippen LogP contribution in [0, 0.1) is 12.7 Å². The van der Waals surface area contributed by atoms with Crippen molar-refractivity contribution in [3.63, 3.8) is 0 Å². The van der Waals surface area contributed by atoms with E-state index in [0.717, 1.165) is 42.6 Å². The number of hydrogen-bond donors (Lipinski definition) is 1. The van der Waals surface area contributed by atoms with E-state index in [9.17, 15) is 14.0 Å². The van der Waals surface area contributed by atoms with Crippen molar-refractivity contribution >= 4 is 23.6 Å². The third-order valence-electron chi connectivity index (χ3n) is 6.98. The van der Waals surface area contributed by atoms with Gasteiger partial charge in [-0.1, -0.05) is 79.6 Å². The molecule has 0 aliphatic heterocycles. The van der Waals surface area contributed by atoms with Crippen LogP contribution in [0.15, 0.2) is 78.9 Å². The quantitative estimate of drug-likeness (QED) is 0.335. The zero-order chi connectivity index (χ0) is 26.0. The number of carbonyl (C=O) groups excluding carboxylic acids is 2. The van der Waals surface area contributed by atoms with E-state index in [-0.39, 0.29) is 36.0 Å². The summed E-state index contributed by atoms with van der Waals surface area (Å²) < 4.78 is 13.6. The number of nitrogens with one attached hydrogen (secondary N) is 1. The summed E-state index contributed by atoms with van der Waals surface area (Å²) in [5, 5.41) is 3.22. The number of thioether (sulfide) groups is 1. The normalized spacial score (nSPS) is 14.3. The van der Waals surface area contributed by atoms with Crippen LogP contribution < -0.4 is 5.32 Å². The Bertz CT molecular complexity index is 1160. The zero-order valence-corrected chi connectivity index (χ0v) is 22.2. The number of nitrogens with zero attached hydrogens (tertiary/aromatic N) is 1. The zero-order valence-electron chi connectivity index (χ0n) is 21.4. The molecule has 4 nitrogen and oxygen atoms in total. The lowest BCUT2D eigenvalue weighted by Gasteiger charge is -2.32. The maximum absolute atomic E-state index is 13.7. The van der Waals surface area contributed by atoms with Gasteiger partial charge in [-0.15, -0.1) is 11.8 Å². The van der Waals surface area contributed by atoms with Crippen LogP contribution in [0.5, 0.6) is 0 Å². The first-order chi connectivity index (χ1) is 18.0. The van der Waals surface area contributed by atoms with Crippen LogP contribution in [0.4, 0.5) is 4.39 Å². The molecule has 37 heavy (non-hydrogen) atoms. The van der Waals surface area contributed by atoms with E-state index in [4.69, 9.17) is 0 Å². The molecule has 2 amide bonds. The summed E-state index contributed by atoms with van der Waals surface area (Å²) in [5.41, 5.74) is 4.19. The summed E-state index contributed by atoms with van der Waals surface area (Å²) in [4.78, 5) is 29.1. The summed E-state index contributed by atoms with van der Waals surface area (Å²) >= 11 is 1.56. The third kappa shape index (κ3) is 7.93. The van der Waals surface area contributed by atoms with E-state index in [1.165, 1.54) is 23.3 Å². The highest BCUT2D eigenvalue weighted by Crippen LogP contribution is 2.22. The molecular weight excluding hydrogens is 483 g/mol. The van der Waals surface area contributed by atoms with Gasteiger partial charge in [0.25, 0.3) is 0 Å². The summed E-state index contributed by atoms with van der Waals surface area (Å²) in [5.74, 6) is 0.452. The van der Waals surface area contributed by atoms with Gasteiger partial charge in [0, 0.05) is 24.8 Å². The highest BCUT2D eigenvalue weighted by Gasteiger charge is 2.32. The van der Waals surface area contributed by atoms with Crippen molar-refractivity contribution < 1.29 is 14.0 Å². The average molecular weight is 519 g/mol. The standard InChI is InChI=1S/C31H35FN2O2S/c1-23-9-5-6-12-26(23)21-37-22-30(35)34(20-25-15-17-27(32)18-16-25)29(19-24-10-3-2-4-11-24)31(36)33-28-13-7-8-14-28/h2-6,9-12,15-18,28-29H,7-8,13-14,19-22H2,1H3,(H,33,36). The Balaban J connectivity index is 1.56. The number of amides is 2. The molecule has 0 aromatic heterocycles. The molecule has 0 spiro atoms. The molecule has 1 saturated carbocycles. The second kappa shape index (κ2) is 13.4. The Morgan fingerprint density at radius 3 is 2.32 bits per heavy atom. The van der Waals surface area contributed by atoms with Gasteiger partial charge < -0.3 is 10.2 Å². The second-order valence-corrected chi connectivity index (χ2v) is 10.7. The minimum Gasteiger partial charge on any atom is -0.352 e. The second-order valence-electron chi connectivity index (χ2n) is 9.76. The van der Waals surface area contributed by atoms with Crippen molar-refractivity contribution in [2.24, 2.45) is 0 Å². The monoisotopic (exact) mass is 518 g/mol. The van der Waals surface area contributed by atoms with Crippen molar-refractivity contribution in [2.45, 2.75) is 63.4 Å². The van der Waals surface area contributed by atoms with Gasteiger partial charge in [-0.25, -0.2) is 4.39 Å². The predicted octanol–water partition coefficient (Wildman–Crippen LogP) is 6.07. The van der Waals surface area contributed by atoms with Gasteiger partial charge >= 0.3 is 0 Å². The first kappa shape index (κ1) is 26.9. The Labute approximate surface area is 223 Å². The molecule has 1 unspecified atom stereocenters. The third-order valence-corrected chi connectivity index (χ3v) is 7.95. The minimum atomic E-state index is -0.653. The van der Waals surface area contributed by atoms with Crippen LogP contribution in [0.25, 0.3) is 0 Å². The van der Waals surface area contributed by atoms with Crippen molar-refractivity contribution in [1.82, 2.24) is 10.2 Å². The largest absolute Gasteiger partial charge is 0.352 e. The van der Waals surface area contributed by atoms with Gasteiger partial charge in [0.2, 0.25) is 11.8 Å². The van der Waals surface area contributed by atoms with Gasteiger partial charge in [0.05, 0.1) is 5.75 Å². The van der Waals surface area contributed by atoms with Crippen molar-refractivity contribution in [3.05, 3.63) is 107 Å². The van der Waals surface area contributed by atoms with E-state index >= 15 is 0 Å². The van der Waals surface area contributed by atoms with E-state index in [1.807, 2.05) is 42.5 Å². The van der Waals surface area contributed by atoms with Crippen LogP contribution in [0.1, 0.15) is 47.9 Å². The summed E-state index contributed by atoms with van der Waals surface area (Å²) in [7, 11) is 0. The van der Waals surface area contributed by atoms with E-state index in [2.05, 4.69) is 24.4 Å². The van der Waals surface area contributed by atoms with Crippen LogP contribution in [0.2, 0.25) is 0 Å². The molecule has 3 aromatic carbocycles. The Morgan fingerprint density at radius 1 is 0.946 bits per heavy atom. The Morgan fingerprint density at radius 2 is 1.62 bits per heavy atom. The number of hydrogen-bond acceptors (Lipinski definition) is 3. The fourth-order valence-electron chi connectivity index (χ4n) is 4.81. The SMILES string of the molecule is Cc1ccccc1CSCC(=O)N(Cc1ccc(F)cc1)C(Cc1ccccc1)C(=O)NC1CCCC1. The van der Waals surface area contributed by atoms with Gasteiger partial charge in [-0.3, -0.25) is 9.59 Å². The lowest BCUT2D eigenvalue weighted by atomic mass is 10.0. The molecule has 0 saturated heterocycles. The first-order valence-corrected chi connectivity index (χ1v) is 14.2. The fraction of sp³-hybridized carbons (Fsp3) is 0.355. The van der Waals surface area contributed by atoms with E-state index < -0.39 is 6.04 Å². The molecule has 1 aliphatic carbocycles. The maximum atomic E-state index is 13.7. The molecular formula is C31H35FN2O2S. The highest BCUT2D eigenvalue weighted by atomic mass is 32.2. The lowest BCUT2D eigenvalue weighted by Crippen LogP contribution is -2.52. The molecule has 0 bridgehead atoms. The van der Waals surface area contributed by atoms with Crippen LogP contribution in [-0.2, 0) is 28.3 Å². The summed E-state index contributed by atoms with van der Waals surface area (Å²) in [6, 6.07) is 23.7. The molecule has 194 valence electrons. The van der Waals surface area contributed by atoms with E-state index in [0.29, 0.717) is 6.42 Å². The van der Waals surface area contributed by atoms with Crippen molar-refractivity contribution in [2.75, 3.05) is 5.75 Å². The van der Waals surface area contributed by atoms with Gasteiger partial charge in [0.15, 0.2) is 0 Å². The molecule has 4 rings (SSSR count). The Hall–Kier alpha value is -3.12. The van der Waals surface area contributed by atoms with E-state index in [1.54, 1.807) is 28.8 Å². The molecule has 0 radical (unpaired) electrons. The fourth-order valence-corrected chi connectivity index (χ4v) is 5.80. The molecule has 0 heterocycles. The molecule has 1 aliphatic rings. The number of halogens is 1. The average Bonchev–Trinajstić information content (AvgIpc) is 3.42. The van der Waals surface area contributed by atoms with Crippen molar-refractivity contribution in [3.8, 4) is 0 Å². The topological polar surface area (TPSA) is 49.4 Å². The highest BCUT2D eigenvalue weighted by molar-refractivity contribution is 7.99. The van der Waals surface area contributed by atoms with Gasteiger partial charge in [0.1, 0.15) is 11.9 Å². The van der Waals surface area contributed by atoms with Gasteiger partial charge in [-0.2, -0.15) is 0 Å². The molecule has 3 aromatic rings. The lowest BCUT2D eigenvalue weighted by molar-refractivity contribution is -0.139. The van der Waals surface area contributed by atoms with Gasteiger partial charge in [-0.05, 0) is 54.2 Å². The number of rotatable bonds is 11. The molecule has 1 fully saturated rings. The van der Waals surface area contributed by atoms with Crippen LogP contribution in [0.3, 0.4) is 0 Å². The summed E-state index contributed by atoms with van der Waals surface area (Å²) in [6.07, 6.45) is 4.60. The molecule has 1 atom stereocenters. The summed E-state index contributed by atoms with van der Waals surface area (Å²) in [6.45, 7) is 2.32.